The van der Waals surface area contributed by atoms with E-state index in [4.69, 9.17) is 21.7 Å². The van der Waals surface area contributed by atoms with Gasteiger partial charge in [-0.05, 0) is 30.2 Å². The number of carbonyl (C=O) groups is 3. The maximum absolute atomic E-state index is 11.8. The fraction of sp³-hybridized carbons (Fsp3) is 0.263. The summed E-state index contributed by atoms with van der Waals surface area (Å²) in [7, 11) is 2.50. The van der Waals surface area contributed by atoms with Crippen molar-refractivity contribution in [3.63, 3.8) is 0 Å². The van der Waals surface area contributed by atoms with Crippen LogP contribution in [0.5, 0.6) is 11.5 Å². The molecule has 1 aliphatic heterocycles. The number of hydrogen-bond acceptors (Lipinski definition) is 9. The summed E-state index contributed by atoms with van der Waals surface area (Å²) in [6.07, 6.45) is 3.54. The van der Waals surface area contributed by atoms with Gasteiger partial charge in [0.1, 0.15) is 4.32 Å². The van der Waals surface area contributed by atoms with Crippen LogP contribution in [0.25, 0.3) is 6.08 Å². The minimum absolute atomic E-state index is 0.226. The third kappa shape index (κ3) is 6.61. The lowest BCUT2D eigenvalue weighted by molar-refractivity contribution is -0.144. The number of allylic oxidation sites excluding steroid dienone is 2. The van der Waals surface area contributed by atoms with Crippen molar-refractivity contribution >= 4 is 52.2 Å². The normalized spacial score (nSPS) is 15.1. The van der Waals surface area contributed by atoms with Crippen LogP contribution in [0.2, 0.25) is 0 Å². The molecule has 2 rings (SSSR count). The third-order valence-electron chi connectivity index (χ3n) is 3.61. The molecule has 1 fully saturated rings. The van der Waals surface area contributed by atoms with E-state index in [1.54, 1.807) is 37.3 Å². The van der Waals surface area contributed by atoms with Gasteiger partial charge in [-0.15, -0.1) is 0 Å². The topological polar surface area (TPSA) is 100 Å². The summed E-state index contributed by atoms with van der Waals surface area (Å²) in [6.45, 7) is 1.17. The number of benzene rings is 1. The fourth-order valence-corrected chi connectivity index (χ4v) is 3.17. The molecule has 1 N–H and O–H groups in total. The second-order valence-electron chi connectivity index (χ2n) is 5.62. The Morgan fingerprint density at radius 3 is 2.28 bits per heavy atom. The quantitative estimate of drug-likeness (QED) is 0.373. The van der Waals surface area contributed by atoms with Gasteiger partial charge in [0, 0.05) is 0 Å². The predicted octanol–water partition coefficient (Wildman–Crippen LogP) is 2.23. The first-order valence-corrected chi connectivity index (χ1v) is 9.52. The smallest absolute Gasteiger partial charge is 0.343 e. The van der Waals surface area contributed by atoms with Crippen LogP contribution < -0.4 is 14.8 Å². The number of thiocarbonyl (C=S) groups is 1. The fourth-order valence-electron chi connectivity index (χ4n) is 2.12. The van der Waals surface area contributed by atoms with Crippen LogP contribution in [0.15, 0.2) is 34.8 Å². The van der Waals surface area contributed by atoms with E-state index in [1.165, 1.54) is 26.0 Å². The molecule has 0 aliphatic carbocycles. The summed E-state index contributed by atoms with van der Waals surface area (Å²) >= 11 is 6.19. The lowest BCUT2D eigenvalue weighted by Gasteiger charge is -2.12. The number of amides is 1. The van der Waals surface area contributed by atoms with Crippen molar-refractivity contribution < 1.29 is 33.3 Å². The molecule has 1 aliphatic rings. The molecule has 0 saturated carbocycles. The third-order valence-corrected chi connectivity index (χ3v) is 4.97. The van der Waals surface area contributed by atoms with E-state index in [-0.39, 0.29) is 30.6 Å². The molecule has 0 aromatic heterocycles. The minimum atomic E-state index is -0.564. The summed E-state index contributed by atoms with van der Waals surface area (Å²) in [4.78, 5) is 35.1. The molecule has 10 heteroatoms. The van der Waals surface area contributed by atoms with Gasteiger partial charge in [-0.3, -0.25) is 4.79 Å². The Labute approximate surface area is 177 Å². The highest BCUT2D eigenvalue weighted by molar-refractivity contribution is 8.26. The Hall–Kier alpha value is -2.85. The summed E-state index contributed by atoms with van der Waals surface area (Å²) in [5, 5.41) is 2.57. The molecule has 0 bridgehead atoms. The first kappa shape index (κ1) is 22.4. The molecule has 0 atom stereocenters. The van der Waals surface area contributed by atoms with Crippen LogP contribution in [0.3, 0.4) is 0 Å². The molecular weight excluding hydrogens is 418 g/mol. The van der Waals surface area contributed by atoms with Gasteiger partial charge in [0.2, 0.25) is 0 Å². The van der Waals surface area contributed by atoms with Gasteiger partial charge in [-0.25, -0.2) is 9.59 Å². The van der Waals surface area contributed by atoms with Gasteiger partial charge in [0.15, 0.2) is 24.7 Å². The maximum atomic E-state index is 11.8. The lowest BCUT2D eigenvalue weighted by Crippen LogP contribution is -2.18. The van der Waals surface area contributed by atoms with Crippen LogP contribution in [-0.2, 0) is 23.9 Å². The highest BCUT2D eigenvalue weighted by Gasteiger charge is 2.23. The van der Waals surface area contributed by atoms with Crippen LogP contribution in [-0.4, -0.2) is 49.6 Å². The standard InChI is InChI=1S/C19H19NO7S2/c1-11(17-18(23)20-19(28)29-17)4-5-12-6-7-13(26-9-15(21)24-2)14(8-12)27-10-16(22)25-3/h4-8H,9-10H2,1-3H3,(H,20,23,28)/b5-4+,17-11+. The molecule has 0 unspecified atom stereocenters. The number of ether oxygens (including phenoxy) is 4. The molecule has 154 valence electrons. The molecule has 8 nitrogen and oxygen atoms in total. The summed E-state index contributed by atoms with van der Waals surface area (Å²) in [6, 6.07) is 4.97. The van der Waals surface area contributed by atoms with Crippen LogP contribution in [0.4, 0.5) is 0 Å². The van der Waals surface area contributed by atoms with Crippen LogP contribution >= 0.6 is 24.0 Å². The summed E-state index contributed by atoms with van der Waals surface area (Å²) < 4.78 is 20.4. The molecule has 0 spiro atoms. The van der Waals surface area contributed by atoms with Crippen molar-refractivity contribution in [1.82, 2.24) is 5.32 Å². The van der Waals surface area contributed by atoms with E-state index in [2.05, 4.69) is 14.8 Å². The summed E-state index contributed by atoms with van der Waals surface area (Å²) in [5.74, 6) is -0.828. The molecule has 1 aromatic rings. The zero-order valence-electron chi connectivity index (χ0n) is 16.0. The highest BCUT2D eigenvalue weighted by Crippen LogP contribution is 2.30. The van der Waals surface area contributed by atoms with Gasteiger partial charge >= 0.3 is 11.9 Å². The zero-order chi connectivity index (χ0) is 21.4. The number of methoxy groups -OCH3 is 2. The van der Waals surface area contributed by atoms with E-state index in [1.807, 2.05) is 0 Å². The molecular formula is C19H19NO7S2. The van der Waals surface area contributed by atoms with Crippen molar-refractivity contribution in [3.8, 4) is 11.5 Å². The van der Waals surface area contributed by atoms with Crippen molar-refractivity contribution in [3.05, 3.63) is 40.3 Å². The second kappa shape index (κ2) is 10.6. The molecule has 0 radical (unpaired) electrons. The lowest BCUT2D eigenvalue weighted by atomic mass is 10.1. The SMILES string of the molecule is COC(=O)COc1ccc(/C=C/C(C)=C2/SC(=S)NC2=O)cc1OCC(=O)OC. The second-order valence-corrected chi connectivity index (χ2v) is 7.31. The van der Waals surface area contributed by atoms with Gasteiger partial charge in [-0.1, -0.05) is 42.2 Å². The van der Waals surface area contributed by atoms with E-state index < -0.39 is 11.9 Å². The first-order chi connectivity index (χ1) is 13.8. The average Bonchev–Trinajstić information content (AvgIpc) is 3.06. The summed E-state index contributed by atoms with van der Waals surface area (Å²) in [5.41, 5.74) is 1.47. The van der Waals surface area contributed by atoms with Gasteiger partial charge < -0.3 is 24.3 Å². The number of nitrogens with one attached hydrogen (secondary N) is 1. The molecule has 1 saturated heterocycles. The van der Waals surface area contributed by atoms with Crippen molar-refractivity contribution in [2.45, 2.75) is 6.92 Å². The number of rotatable bonds is 8. The molecule has 29 heavy (non-hydrogen) atoms. The number of esters is 2. The van der Waals surface area contributed by atoms with Crippen molar-refractivity contribution in [1.29, 1.82) is 0 Å². The first-order valence-electron chi connectivity index (χ1n) is 8.29. The number of carbonyl (C=O) groups excluding carboxylic acids is 3. The van der Waals surface area contributed by atoms with Gasteiger partial charge in [0.25, 0.3) is 5.91 Å². The Morgan fingerprint density at radius 2 is 1.72 bits per heavy atom. The van der Waals surface area contributed by atoms with Crippen molar-refractivity contribution in [2.75, 3.05) is 27.4 Å². The van der Waals surface area contributed by atoms with E-state index >= 15 is 0 Å². The predicted molar refractivity (Wildman–Crippen MR) is 112 cm³/mol. The minimum Gasteiger partial charge on any atom is -0.478 e. The monoisotopic (exact) mass is 437 g/mol. The van der Waals surface area contributed by atoms with Crippen molar-refractivity contribution in [2.24, 2.45) is 0 Å². The number of hydrogen-bond donors (Lipinski definition) is 1. The Morgan fingerprint density at radius 1 is 1.10 bits per heavy atom. The molecule has 1 heterocycles. The van der Waals surface area contributed by atoms with E-state index in [9.17, 15) is 14.4 Å². The number of thioether (sulfide) groups is 1. The van der Waals surface area contributed by atoms with Crippen LogP contribution in [0, 0.1) is 0 Å². The average molecular weight is 437 g/mol. The van der Waals surface area contributed by atoms with E-state index in [0.717, 1.165) is 11.1 Å². The van der Waals surface area contributed by atoms with E-state index in [0.29, 0.717) is 9.23 Å². The highest BCUT2D eigenvalue weighted by atomic mass is 32.2. The molecule has 1 aromatic carbocycles. The van der Waals surface area contributed by atoms with Gasteiger partial charge in [0.05, 0.1) is 19.1 Å². The molecule has 1 amide bonds. The zero-order valence-corrected chi connectivity index (χ0v) is 17.6. The Kier molecular flexibility index (Phi) is 8.22. The Balaban J connectivity index is 2.22. The van der Waals surface area contributed by atoms with Gasteiger partial charge in [-0.2, -0.15) is 0 Å². The largest absolute Gasteiger partial charge is 0.478 e. The van der Waals surface area contributed by atoms with Crippen LogP contribution in [0.1, 0.15) is 12.5 Å². The maximum Gasteiger partial charge on any atom is 0.343 e. The Bertz CT molecular complexity index is 893.